The van der Waals surface area contributed by atoms with Crippen LogP contribution in [0.25, 0.3) is 0 Å². The fourth-order valence-electron chi connectivity index (χ4n) is 4.28. The lowest BCUT2D eigenvalue weighted by molar-refractivity contribution is -0.137. The average Bonchev–Trinajstić information content (AvgIpc) is 2.78. The van der Waals surface area contributed by atoms with Crippen LogP contribution in [0.4, 0.5) is 22.0 Å². The van der Waals surface area contributed by atoms with E-state index >= 15 is 4.39 Å². The molecule has 0 saturated heterocycles. The Morgan fingerprint density at radius 3 is 2.38 bits per heavy atom. The fourth-order valence-corrected chi connectivity index (χ4v) is 5.47. The van der Waals surface area contributed by atoms with Gasteiger partial charge in [0.2, 0.25) is 0 Å². The van der Waals surface area contributed by atoms with E-state index in [1.165, 1.54) is 12.1 Å². The number of hydrogen-bond acceptors (Lipinski definition) is 3. The standard InChI is InChI=1S/C25H25F5O3S/c1-16-12-18(14-20(26)13-16)22(31)7-2-4-17-8-10-24(27,11-9-17)23(32)34(33)21-6-3-5-19(15-21)25(28,29)30/h3,5-6,12-15,17H,2,4,7-11H2,1H3. The summed E-state index contributed by atoms with van der Waals surface area (Å²) in [6.07, 6.45) is -2.94. The van der Waals surface area contributed by atoms with Crippen molar-refractivity contribution in [3.05, 3.63) is 65.0 Å². The van der Waals surface area contributed by atoms with Gasteiger partial charge in [0.25, 0.3) is 5.12 Å². The Balaban J connectivity index is 1.52. The topological polar surface area (TPSA) is 51.2 Å². The van der Waals surface area contributed by atoms with Crippen LogP contribution in [0.2, 0.25) is 0 Å². The monoisotopic (exact) mass is 500 g/mol. The zero-order valence-electron chi connectivity index (χ0n) is 18.6. The number of carbonyl (C=O) groups excluding carboxylic acids is 2. The maximum Gasteiger partial charge on any atom is 0.416 e. The van der Waals surface area contributed by atoms with Gasteiger partial charge in [-0.15, -0.1) is 0 Å². The minimum atomic E-state index is -4.66. The quantitative estimate of drug-likeness (QED) is 0.313. The third-order valence-corrected chi connectivity index (χ3v) is 7.57. The molecule has 1 unspecified atom stereocenters. The van der Waals surface area contributed by atoms with Crippen molar-refractivity contribution in [2.24, 2.45) is 5.92 Å². The second-order valence-corrected chi connectivity index (χ2v) is 10.2. The van der Waals surface area contributed by atoms with Crippen molar-refractivity contribution in [1.29, 1.82) is 0 Å². The summed E-state index contributed by atoms with van der Waals surface area (Å²) in [5, 5.41) is -1.21. The number of rotatable bonds is 7. The second-order valence-electron chi connectivity index (χ2n) is 8.82. The summed E-state index contributed by atoms with van der Waals surface area (Å²) in [6.45, 7) is 1.70. The minimum absolute atomic E-state index is 0.0701. The van der Waals surface area contributed by atoms with E-state index in [1.807, 2.05) is 0 Å². The molecule has 1 aliphatic carbocycles. The molecular weight excluding hydrogens is 475 g/mol. The number of benzene rings is 2. The third-order valence-electron chi connectivity index (χ3n) is 6.19. The predicted octanol–water partition coefficient (Wildman–Crippen LogP) is 6.74. The summed E-state index contributed by atoms with van der Waals surface area (Å²) in [5.74, 6) is -0.576. The normalized spacial score (nSPS) is 21.8. The fraction of sp³-hybridized carbons (Fsp3) is 0.440. The number of Topliss-reactive ketones (excluding diaryl/α,β-unsaturated/α-hetero) is 1. The number of hydrogen-bond donors (Lipinski definition) is 0. The van der Waals surface area contributed by atoms with Gasteiger partial charge in [-0.1, -0.05) is 12.5 Å². The van der Waals surface area contributed by atoms with E-state index in [9.17, 15) is 31.4 Å². The Bertz CT molecular complexity index is 1070. The zero-order chi connectivity index (χ0) is 25.1. The maximum absolute atomic E-state index is 15.3. The first-order chi connectivity index (χ1) is 15.9. The zero-order valence-corrected chi connectivity index (χ0v) is 19.4. The van der Waals surface area contributed by atoms with Gasteiger partial charge in [0.15, 0.2) is 11.5 Å². The number of alkyl halides is 4. The van der Waals surface area contributed by atoms with E-state index in [2.05, 4.69) is 0 Å². The van der Waals surface area contributed by atoms with E-state index in [0.717, 1.165) is 18.2 Å². The van der Waals surface area contributed by atoms with E-state index in [4.69, 9.17) is 0 Å². The molecule has 0 amide bonds. The maximum atomic E-state index is 15.3. The lowest BCUT2D eigenvalue weighted by Crippen LogP contribution is -2.40. The molecule has 3 nitrogen and oxygen atoms in total. The highest BCUT2D eigenvalue weighted by Crippen LogP contribution is 2.39. The van der Waals surface area contributed by atoms with Crippen LogP contribution in [0, 0.1) is 18.7 Å². The molecule has 2 aromatic carbocycles. The molecule has 0 heterocycles. The molecule has 0 radical (unpaired) electrons. The van der Waals surface area contributed by atoms with Crippen LogP contribution >= 0.6 is 0 Å². The second kappa shape index (κ2) is 10.5. The molecule has 0 aliphatic heterocycles. The molecule has 0 N–H and O–H groups in total. The summed E-state index contributed by atoms with van der Waals surface area (Å²) in [5.41, 5.74) is -2.44. The summed E-state index contributed by atoms with van der Waals surface area (Å²) in [4.78, 5) is 24.5. The van der Waals surface area contributed by atoms with Crippen molar-refractivity contribution in [3.63, 3.8) is 0 Å². The highest BCUT2D eigenvalue weighted by Gasteiger charge is 2.45. The molecule has 2 aromatic rings. The van der Waals surface area contributed by atoms with Gasteiger partial charge in [0.1, 0.15) is 16.6 Å². The molecule has 184 valence electrons. The summed E-state index contributed by atoms with van der Waals surface area (Å²) < 4.78 is 80.0. The molecule has 1 aliphatic rings. The molecule has 3 rings (SSSR count). The molecule has 1 fully saturated rings. The van der Waals surface area contributed by atoms with Gasteiger partial charge >= 0.3 is 6.18 Å². The average molecular weight is 501 g/mol. The van der Waals surface area contributed by atoms with Crippen molar-refractivity contribution in [2.75, 3.05) is 0 Å². The molecule has 1 atom stereocenters. The number of halogens is 5. The summed E-state index contributed by atoms with van der Waals surface area (Å²) >= 11 is 0. The Hall–Kier alpha value is -2.42. The largest absolute Gasteiger partial charge is 0.416 e. The Morgan fingerprint density at radius 1 is 1.09 bits per heavy atom. The molecule has 0 spiro atoms. The van der Waals surface area contributed by atoms with Crippen molar-refractivity contribution >= 4 is 21.7 Å². The highest BCUT2D eigenvalue weighted by atomic mass is 32.2. The van der Waals surface area contributed by atoms with Crippen LogP contribution in [-0.4, -0.2) is 20.8 Å². The van der Waals surface area contributed by atoms with Crippen LogP contribution in [0.5, 0.6) is 0 Å². The van der Waals surface area contributed by atoms with E-state index in [0.29, 0.717) is 42.9 Å². The molecule has 0 bridgehead atoms. The van der Waals surface area contributed by atoms with Crippen LogP contribution in [0.15, 0.2) is 47.4 Å². The lowest BCUT2D eigenvalue weighted by atomic mass is 9.78. The van der Waals surface area contributed by atoms with E-state index in [1.54, 1.807) is 13.0 Å². The number of carbonyl (C=O) groups is 2. The van der Waals surface area contributed by atoms with E-state index < -0.39 is 39.1 Å². The van der Waals surface area contributed by atoms with Gasteiger partial charge < -0.3 is 0 Å². The van der Waals surface area contributed by atoms with Gasteiger partial charge in [-0.25, -0.2) is 13.0 Å². The van der Waals surface area contributed by atoms with Crippen molar-refractivity contribution in [3.8, 4) is 0 Å². The Kier molecular flexibility index (Phi) is 8.06. The van der Waals surface area contributed by atoms with Crippen LogP contribution < -0.4 is 0 Å². The van der Waals surface area contributed by atoms with Gasteiger partial charge in [-0.3, -0.25) is 9.59 Å². The summed E-state index contributed by atoms with van der Waals surface area (Å²) in [6, 6.07) is 7.72. The molecule has 9 heteroatoms. The van der Waals surface area contributed by atoms with Crippen molar-refractivity contribution < 1.29 is 35.8 Å². The van der Waals surface area contributed by atoms with Crippen LogP contribution in [-0.2, 0) is 21.8 Å². The third kappa shape index (κ3) is 6.37. The first-order valence-corrected chi connectivity index (χ1v) is 12.2. The lowest BCUT2D eigenvalue weighted by Gasteiger charge is -2.32. The Morgan fingerprint density at radius 2 is 1.76 bits per heavy atom. The highest BCUT2D eigenvalue weighted by molar-refractivity contribution is 8.00. The van der Waals surface area contributed by atoms with Gasteiger partial charge in [-0.05, 0) is 86.9 Å². The summed E-state index contributed by atoms with van der Waals surface area (Å²) in [7, 11) is -2.55. The van der Waals surface area contributed by atoms with Crippen LogP contribution in [0.3, 0.4) is 0 Å². The molecule has 1 saturated carbocycles. The van der Waals surface area contributed by atoms with Gasteiger partial charge in [0, 0.05) is 16.9 Å². The number of ketones is 1. The Labute approximate surface area is 197 Å². The van der Waals surface area contributed by atoms with Gasteiger partial charge in [-0.2, -0.15) is 13.2 Å². The van der Waals surface area contributed by atoms with Crippen LogP contribution in [0.1, 0.15) is 66.4 Å². The van der Waals surface area contributed by atoms with Crippen molar-refractivity contribution in [1.82, 2.24) is 0 Å². The molecule has 34 heavy (non-hydrogen) atoms. The van der Waals surface area contributed by atoms with Gasteiger partial charge in [0.05, 0.1) is 5.56 Å². The number of aryl methyl sites for hydroxylation is 1. The smallest absolute Gasteiger partial charge is 0.294 e. The molecular formula is C25H25F5O3S. The predicted molar refractivity (Wildman–Crippen MR) is 118 cm³/mol. The molecule has 0 aromatic heterocycles. The first kappa shape index (κ1) is 26.2. The first-order valence-electron chi connectivity index (χ1n) is 11.0. The minimum Gasteiger partial charge on any atom is -0.294 e. The SMILES string of the molecule is Cc1cc(F)cc(C(=O)CCCC2CCC(F)(C(=O)S(=O)c3cccc(C(F)(F)F)c3)CC2)c1. The van der Waals surface area contributed by atoms with E-state index in [-0.39, 0.29) is 35.9 Å². The van der Waals surface area contributed by atoms with Crippen molar-refractivity contribution in [2.45, 2.75) is 68.6 Å².